The van der Waals surface area contributed by atoms with Crippen molar-refractivity contribution < 1.29 is 4.74 Å². The molecule has 3 heterocycles. The molecule has 4 aromatic rings. The van der Waals surface area contributed by atoms with Crippen LogP contribution in [-0.2, 0) is 0 Å². The standard InChI is InChI=1S/C26H25N5OS/c1-4-5-12-32-21-10-6-9-20(13-21)30-26-29-15-17(2)24(31-26)25-23(19-8-7-11-28-16-19)22(14-27)18(3)33-25/h6-11,13,15-16H,4-5,12H2,1-3H3,(H,29,30,31). The first-order chi connectivity index (χ1) is 16.1. The third kappa shape index (κ3) is 5.02. The van der Waals surface area contributed by atoms with Crippen molar-refractivity contribution in [3.8, 4) is 33.5 Å². The van der Waals surface area contributed by atoms with Crippen LogP contribution in [0.2, 0.25) is 0 Å². The lowest BCUT2D eigenvalue weighted by Gasteiger charge is -2.11. The average molecular weight is 456 g/mol. The van der Waals surface area contributed by atoms with Gasteiger partial charge >= 0.3 is 0 Å². The third-order valence-corrected chi connectivity index (χ3v) is 6.30. The summed E-state index contributed by atoms with van der Waals surface area (Å²) in [6.07, 6.45) is 7.43. The zero-order valence-electron chi connectivity index (χ0n) is 18.9. The number of hydrogen-bond donors (Lipinski definition) is 1. The number of aryl methyl sites for hydroxylation is 2. The predicted octanol–water partition coefficient (Wildman–Crippen LogP) is 6.68. The molecule has 0 aliphatic carbocycles. The quantitative estimate of drug-likeness (QED) is 0.298. The number of pyridine rings is 1. The normalized spacial score (nSPS) is 10.6. The molecule has 0 aliphatic heterocycles. The molecule has 7 heteroatoms. The number of nitrogens with zero attached hydrogens (tertiary/aromatic N) is 4. The van der Waals surface area contributed by atoms with Crippen LogP contribution in [0.5, 0.6) is 5.75 Å². The first-order valence-corrected chi connectivity index (χ1v) is 11.7. The minimum atomic E-state index is 0.489. The van der Waals surface area contributed by atoms with Crippen LogP contribution in [0.15, 0.2) is 55.0 Å². The van der Waals surface area contributed by atoms with Crippen LogP contribution in [0, 0.1) is 25.2 Å². The first-order valence-electron chi connectivity index (χ1n) is 10.9. The van der Waals surface area contributed by atoms with Gasteiger partial charge in [-0.15, -0.1) is 11.3 Å². The number of nitrogens with one attached hydrogen (secondary N) is 1. The Kier molecular flexibility index (Phi) is 6.96. The van der Waals surface area contributed by atoms with Crippen molar-refractivity contribution in [3.05, 3.63) is 71.0 Å². The number of thiophene rings is 1. The fourth-order valence-electron chi connectivity index (χ4n) is 3.49. The minimum absolute atomic E-state index is 0.489. The highest BCUT2D eigenvalue weighted by atomic mass is 32.1. The van der Waals surface area contributed by atoms with Crippen LogP contribution in [-0.4, -0.2) is 21.6 Å². The van der Waals surface area contributed by atoms with E-state index in [1.54, 1.807) is 29.9 Å². The molecule has 0 amide bonds. The summed E-state index contributed by atoms with van der Waals surface area (Å²) < 4.78 is 5.81. The molecule has 0 aliphatic rings. The number of benzene rings is 1. The molecule has 0 saturated heterocycles. The van der Waals surface area contributed by atoms with Crippen LogP contribution in [0.1, 0.15) is 35.8 Å². The summed E-state index contributed by atoms with van der Waals surface area (Å²) in [6.45, 7) is 6.78. The molecular formula is C26H25N5OS. The van der Waals surface area contributed by atoms with E-state index in [1.807, 2.05) is 50.2 Å². The summed E-state index contributed by atoms with van der Waals surface area (Å²) in [6, 6.07) is 14.0. The summed E-state index contributed by atoms with van der Waals surface area (Å²) in [4.78, 5) is 15.5. The van der Waals surface area contributed by atoms with Crippen molar-refractivity contribution in [1.82, 2.24) is 15.0 Å². The molecule has 0 atom stereocenters. The smallest absolute Gasteiger partial charge is 0.227 e. The van der Waals surface area contributed by atoms with Crippen LogP contribution < -0.4 is 10.1 Å². The van der Waals surface area contributed by atoms with Crippen molar-refractivity contribution in [2.45, 2.75) is 33.6 Å². The Morgan fingerprint density at radius 3 is 2.79 bits per heavy atom. The van der Waals surface area contributed by atoms with Crippen LogP contribution in [0.3, 0.4) is 0 Å². The van der Waals surface area contributed by atoms with Gasteiger partial charge in [-0.2, -0.15) is 5.26 Å². The highest BCUT2D eigenvalue weighted by molar-refractivity contribution is 7.16. The molecule has 3 aromatic heterocycles. The van der Waals surface area contributed by atoms with Crippen molar-refractivity contribution >= 4 is 23.0 Å². The molecule has 0 radical (unpaired) electrons. The molecule has 0 fully saturated rings. The summed E-state index contributed by atoms with van der Waals surface area (Å²) in [5.41, 5.74) is 5.02. The van der Waals surface area contributed by atoms with E-state index in [4.69, 9.17) is 9.72 Å². The van der Waals surface area contributed by atoms with Crippen molar-refractivity contribution in [2.75, 3.05) is 11.9 Å². The van der Waals surface area contributed by atoms with E-state index in [9.17, 15) is 5.26 Å². The molecule has 1 N–H and O–H groups in total. The minimum Gasteiger partial charge on any atom is -0.494 e. The van der Waals surface area contributed by atoms with Crippen molar-refractivity contribution in [1.29, 1.82) is 5.26 Å². The lowest BCUT2D eigenvalue weighted by molar-refractivity contribution is 0.309. The first kappa shape index (κ1) is 22.4. The lowest BCUT2D eigenvalue weighted by atomic mass is 10.0. The summed E-state index contributed by atoms with van der Waals surface area (Å²) in [7, 11) is 0. The maximum absolute atomic E-state index is 9.82. The highest BCUT2D eigenvalue weighted by Gasteiger charge is 2.21. The zero-order valence-corrected chi connectivity index (χ0v) is 19.7. The molecule has 33 heavy (non-hydrogen) atoms. The molecule has 6 nitrogen and oxygen atoms in total. The van der Waals surface area contributed by atoms with Gasteiger partial charge in [-0.3, -0.25) is 4.98 Å². The monoisotopic (exact) mass is 455 g/mol. The van der Waals surface area contributed by atoms with Crippen LogP contribution >= 0.6 is 11.3 Å². The van der Waals surface area contributed by atoms with E-state index in [0.717, 1.165) is 56.4 Å². The van der Waals surface area contributed by atoms with Gasteiger partial charge in [0.15, 0.2) is 0 Å². The number of rotatable bonds is 8. The van der Waals surface area contributed by atoms with Gasteiger partial charge in [0.25, 0.3) is 0 Å². The molecule has 0 spiro atoms. The fraction of sp³-hybridized carbons (Fsp3) is 0.231. The second kappa shape index (κ2) is 10.2. The van der Waals surface area contributed by atoms with E-state index >= 15 is 0 Å². The largest absolute Gasteiger partial charge is 0.494 e. The van der Waals surface area contributed by atoms with E-state index in [0.29, 0.717) is 18.1 Å². The molecule has 4 rings (SSSR count). The van der Waals surface area contributed by atoms with Crippen molar-refractivity contribution in [2.24, 2.45) is 0 Å². The predicted molar refractivity (Wildman–Crippen MR) is 133 cm³/mol. The van der Waals surface area contributed by atoms with Gasteiger partial charge in [0.05, 0.1) is 22.7 Å². The lowest BCUT2D eigenvalue weighted by Crippen LogP contribution is -2.01. The number of nitriles is 1. The van der Waals surface area contributed by atoms with E-state index < -0.39 is 0 Å². The Morgan fingerprint density at radius 1 is 1.15 bits per heavy atom. The molecule has 0 saturated carbocycles. The van der Waals surface area contributed by atoms with Crippen molar-refractivity contribution in [3.63, 3.8) is 0 Å². The summed E-state index contributed by atoms with van der Waals surface area (Å²) in [5.74, 6) is 1.30. The Hall–Kier alpha value is -3.76. The van der Waals surface area contributed by atoms with Gasteiger partial charge in [-0.05, 0) is 44.0 Å². The number of anilines is 2. The number of hydrogen-bond acceptors (Lipinski definition) is 7. The Morgan fingerprint density at radius 2 is 2.03 bits per heavy atom. The summed E-state index contributed by atoms with van der Waals surface area (Å²) >= 11 is 1.57. The Balaban J connectivity index is 1.70. The zero-order chi connectivity index (χ0) is 23.2. The third-order valence-electron chi connectivity index (χ3n) is 5.19. The Bertz CT molecular complexity index is 1290. The topological polar surface area (TPSA) is 83.7 Å². The van der Waals surface area contributed by atoms with Gasteiger partial charge in [-0.1, -0.05) is 25.5 Å². The van der Waals surface area contributed by atoms with Crippen LogP contribution in [0.25, 0.3) is 21.7 Å². The van der Waals surface area contributed by atoms with E-state index in [1.165, 1.54) is 0 Å². The molecular weight excluding hydrogens is 430 g/mol. The van der Waals surface area contributed by atoms with Gasteiger partial charge < -0.3 is 10.1 Å². The van der Waals surface area contributed by atoms with Gasteiger partial charge in [0.1, 0.15) is 11.8 Å². The molecule has 0 unspecified atom stereocenters. The molecule has 166 valence electrons. The number of ether oxygens (including phenoxy) is 1. The summed E-state index contributed by atoms with van der Waals surface area (Å²) in [5, 5.41) is 13.1. The van der Waals surface area contributed by atoms with Crippen LogP contribution in [0.4, 0.5) is 11.6 Å². The fourth-order valence-corrected chi connectivity index (χ4v) is 4.67. The molecule has 1 aromatic carbocycles. The van der Waals surface area contributed by atoms with Gasteiger partial charge in [0, 0.05) is 46.3 Å². The van der Waals surface area contributed by atoms with Gasteiger partial charge in [-0.25, -0.2) is 9.97 Å². The van der Waals surface area contributed by atoms with E-state index in [2.05, 4.69) is 28.3 Å². The number of unbranched alkanes of at least 4 members (excludes halogenated alkanes) is 1. The SMILES string of the molecule is CCCCOc1cccc(Nc2ncc(C)c(-c3sc(C)c(C#N)c3-c3cccnc3)n2)c1. The maximum atomic E-state index is 9.82. The Labute approximate surface area is 198 Å². The average Bonchev–Trinajstić information content (AvgIpc) is 3.17. The second-order valence-electron chi connectivity index (χ2n) is 7.67. The number of aromatic nitrogens is 3. The van der Waals surface area contributed by atoms with E-state index in [-0.39, 0.29) is 0 Å². The highest BCUT2D eigenvalue weighted by Crippen LogP contribution is 2.43. The second-order valence-corrected chi connectivity index (χ2v) is 8.90. The molecule has 0 bridgehead atoms. The maximum Gasteiger partial charge on any atom is 0.227 e. The van der Waals surface area contributed by atoms with Gasteiger partial charge in [0.2, 0.25) is 5.95 Å².